The average Bonchev–Trinajstić information content (AvgIpc) is 2.70. The topological polar surface area (TPSA) is 49.8 Å². The van der Waals surface area contributed by atoms with E-state index in [1.54, 1.807) is 0 Å². The van der Waals surface area contributed by atoms with E-state index in [0.29, 0.717) is 0 Å². The molecule has 0 aliphatic heterocycles. The first-order valence-electron chi connectivity index (χ1n) is 7.18. The van der Waals surface area contributed by atoms with Gasteiger partial charge in [-0.25, -0.2) is 4.98 Å². The van der Waals surface area contributed by atoms with Crippen LogP contribution in [0.4, 0.5) is 5.13 Å². The number of hydrogen-bond donors (Lipinski definition) is 2. The molecule has 1 saturated carbocycles. The van der Waals surface area contributed by atoms with Crippen LogP contribution in [-0.4, -0.2) is 28.5 Å². The molecule has 0 amide bonds. The molecule has 4 nitrogen and oxygen atoms in total. The van der Waals surface area contributed by atoms with Crippen LogP contribution in [0.1, 0.15) is 51.3 Å². The molecule has 0 radical (unpaired) electrons. The summed E-state index contributed by atoms with van der Waals surface area (Å²) in [5.41, 5.74) is 0. The highest BCUT2D eigenvalue weighted by Crippen LogP contribution is 2.17. The first-order valence-corrected chi connectivity index (χ1v) is 7.95. The highest BCUT2D eigenvalue weighted by atomic mass is 32.1. The molecule has 1 fully saturated rings. The molecule has 0 unspecified atom stereocenters. The summed E-state index contributed by atoms with van der Waals surface area (Å²) >= 11 is 1.46. The Morgan fingerprint density at radius 1 is 1.17 bits per heavy atom. The van der Waals surface area contributed by atoms with Crippen molar-refractivity contribution in [2.45, 2.75) is 57.9 Å². The molecule has 5 heteroatoms. The van der Waals surface area contributed by atoms with Gasteiger partial charge in [-0.05, 0) is 12.8 Å². The second-order valence-corrected chi connectivity index (χ2v) is 5.69. The van der Waals surface area contributed by atoms with E-state index >= 15 is 0 Å². The van der Waals surface area contributed by atoms with E-state index in [1.807, 2.05) is 0 Å². The fourth-order valence-electron chi connectivity index (χ4n) is 2.40. The zero-order chi connectivity index (χ0) is 12.6. The van der Waals surface area contributed by atoms with Gasteiger partial charge in [0, 0.05) is 37.1 Å². The van der Waals surface area contributed by atoms with Crippen molar-refractivity contribution in [1.82, 2.24) is 14.7 Å². The molecular weight excluding hydrogens is 244 g/mol. The maximum atomic E-state index is 4.40. The Morgan fingerprint density at radius 2 is 1.94 bits per heavy atom. The predicted molar refractivity (Wildman–Crippen MR) is 77.3 cm³/mol. The third-order valence-corrected chi connectivity index (χ3v) is 4.18. The number of hydrogen-bond acceptors (Lipinski definition) is 5. The lowest BCUT2D eigenvalue weighted by atomic mass is 10.1. The molecule has 2 rings (SSSR count). The Hall–Kier alpha value is -0.680. The van der Waals surface area contributed by atoms with Crippen LogP contribution < -0.4 is 10.6 Å². The van der Waals surface area contributed by atoms with Crippen LogP contribution in [-0.2, 0) is 6.42 Å². The van der Waals surface area contributed by atoms with Gasteiger partial charge in [0.2, 0.25) is 5.13 Å². The highest BCUT2D eigenvalue weighted by molar-refractivity contribution is 7.09. The van der Waals surface area contributed by atoms with Crippen LogP contribution in [0.5, 0.6) is 0 Å². The zero-order valence-corrected chi connectivity index (χ0v) is 12.1. The zero-order valence-electron chi connectivity index (χ0n) is 11.2. The molecule has 1 aliphatic carbocycles. The lowest BCUT2D eigenvalue weighted by molar-refractivity contribution is 0.468. The van der Waals surface area contributed by atoms with Gasteiger partial charge in [0.05, 0.1) is 0 Å². The third kappa shape index (κ3) is 4.53. The quantitative estimate of drug-likeness (QED) is 0.615. The van der Waals surface area contributed by atoms with Crippen LogP contribution in [0.2, 0.25) is 0 Å². The summed E-state index contributed by atoms with van der Waals surface area (Å²) in [6.07, 6.45) is 9.22. The number of rotatable bonds is 6. The Labute approximate surface area is 114 Å². The van der Waals surface area contributed by atoms with Crippen molar-refractivity contribution in [3.05, 3.63) is 5.82 Å². The fraction of sp³-hybridized carbons (Fsp3) is 0.846. The van der Waals surface area contributed by atoms with Gasteiger partial charge in [0.25, 0.3) is 0 Å². The summed E-state index contributed by atoms with van der Waals surface area (Å²) in [5.74, 6) is 0.944. The summed E-state index contributed by atoms with van der Waals surface area (Å²) in [6, 6.07) is 0.731. The van der Waals surface area contributed by atoms with Gasteiger partial charge in [-0.3, -0.25) is 0 Å². The van der Waals surface area contributed by atoms with Gasteiger partial charge in [-0.1, -0.05) is 32.6 Å². The van der Waals surface area contributed by atoms with Gasteiger partial charge in [0.15, 0.2) is 0 Å². The Bertz CT molecular complexity index is 331. The summed E-state index contributed by atoms with van der Waals surface area (Å²) in [6.45, 7) is 4.04. The van der Waals surface area contributed by atoms with Crippen LogP contribution in [0.25, 0.3) is 0 Å². The molecule has 1 aromatic rings. The van der Waals surface area contributed by atoms with E-state index in [-0.39, 0.29) is 0 Å². The van der Waals surface area contributed by atoms with Crippen molar-refractivity contribution >= 4 is 16.7 Å². The Balaban J connectivity index is 1.60. The minimum atomic E-state index is 0.731. The van der Waals surface area contributed by atoms with Crippen molar-refractivity contribution in [2.75, 3.05) is 18.4 Å². The number of nitrogens with zero attached hydrogens (tertiary/aromatic N) is 2. The van der Waals surface area contributed by atoms with Crippen molar-refractivity contribution in [3.63, 3.8) is 0 Å². The molecule has 0 spiro atoms. The minimum absolute atomic E-state index is 0.731. The highest BCUT2D eigenvalue weighted by Gasteiger charge is 2.10. The third-order valence-electron chi connectivity index (χ3n) is 3.47. The van der Waals surface area contributed by atoms with E-state index < -0.39 is 0 Å². The Morgan fingerprint density at radius 3 is 2.61 bits per heavy atom. The molecule has 1 aliphatic rings. The molecule has 0 saturated heterocycles. The number of nitrogens with one attached hydrogen (secondary N) is 2. The second kappa shape index (κ2) is 7.69. The first kappa shape index (κ1) is 13.7. The summed E-state index contributed by atoms with van der Waals surface area (Å²) < 4.78 is 4.26. The maximum Gasteiger partial charge on any atom is 0.202 e. The van der Waals surface area contributed by atoms with Crippen LogP contribution >= 0.6 is 11.5 Å². The number of aryl methyl sites for hydroxylation is 1. The molecule has 1 heterocycles. The Kier molecular flexibility index (Phi) is 5.87. The minimum Gasteiger partial charge on any atom is -0.359 e. The molecule has 18 heavy (non-hydrogen) atoms. The van der Waals surface area contributed by atoms with Gasteiger partial charge < -0.3 is 10.6 Å². The average molecular weight is 268 g/mol. The number of anilines is 1. The molecule has 0 aromatic carbocycles. The van der Waals surface area contributed by atoms with E-state index in [1.165, 1.54) is 50.1 Å². The second-order valence-electron chi connectivity index (χ2n) is 4.94. The molecular formula is C13H24N4S. The van der Waals surface area contributed by atoms with E-state index in [4.69, 9.17) is 0 Å². The van der Waals surface area contributed by atoms with Crippen molar-refractivity contribution < 1.29 is 0 Å². The normalized spacial score (nSPS) is 17.6. The fourth-order valence-corrected chi connectivity index (χ4v) is 3.07. The molecule has 102 valence electrons. The summed E-state index contributed by atoms with van der Waals surface area (Å²) in [7, 11) is 0. The smallest absolute Gasteiger partial charge is 0.202 e. The van der Waals surface area contributed by atoms with Crippen molar-refractivity contribution in [2.24, 2.45) is 0 Å². The SMILES string of the molecule is CCc1nsc(NCCNC2CCCCCC2)n1. The van der Waals surface area contributed by atoms with Crippen molar-refractivity contribution in [3.8, 4) is 0 Å². The predicted octanol–water partition coefficient (Wildman–Crippen LogP) is 2.82. The summed E-state index contributed by atoms with van der Waals surface area (Å²) in [4.78, 5) is 4.40. The lowest BCUT2D eigenvalue weighted by Crippen LogP contribution is -2.32. The summed E-state index contributed by atoms with van der Waals surface area (Å²) in [5, 5.41) is 7.94. The van der Waals surface area contributed by atoms with E-state index in [2.05, 4.69) is 26.9 Å². The monoisotopic (exact) mass is 268 g/mol. The molecule has 1 aromatic heterocycles. The van der Waals surface area contributed by atoms with Crippen LogP contribution in [0.3, 0.4) is 0 Å². The van der Waals surface area contributed by atoms with Gasteiger partial charge >= 0.3 is 0 Å². The standard InChI is InChI=1S/C13H24N4S/c1-2-12-16-13(18-17-12)15-10-9-14-11-7-5-3-4-6-8-11/h11,14H,2-10H2,1H3,(H,15,16,17). The van der Waals surface area contributed by atoms with Gasteiger partial charge in [-0.15, -0.1) is 0 Å². The van der Waals surface area contributed by atoms with E-state index in [9.17, 15) is 0 Å². The van der Waals surface area contributed by atoms with Gasteiger partial charge in [0.1, 0.15) is 5.82 Å². The largest absolute Gasteiger partial charge is 0.359 e. The van der Waals surface area contributed by atoms with E-state index in [0.717, 1.165) is 36.5 Å². The maximum absolute atomic E-state index is 4.40. The molecule has 0 atom stereocenters. The lowest BCUT2D eigenvalue weighted by Gasteiger charge is -2.15. The molecule has 2 N–H and O–H groups in total. The van der Waals surface area contributed by atoms with Crippen molar-refractivity contribution in [1.29, 1.82) is 0 Å². The van der Waals surface area contributed by atoms with Crippen LogP contribution in [0, 0.1) is 0 Å². The molecule has 0 bridgehead atoms. The first-order chi connectivity index (χ1) is 8.88. The number of aromatic nitrogens is 2. The van der Waals surface area contributed by atoms with Gasteiger partial charge in [-0.2, -0.15) is 4.37 Å². The van der Waals surface area contributed by atoms with Crippen LogP contribution in [0.15, 0.2) is 0 Å².